The third-order valence-electron chi connectivity index (χ3n) is 3.61. The largest absolute Gasteiger partial charge is 0.377 e. The van der Waals surface area contributed by atoms with E-state index in [4.69, 9.17) is 4.74 Å². The number of likely N-dealkylation sites (N-methyl/N-ethyl adjacent to an activating group) is 1. The predicted molar refractivity (Wildman–Crippen MR) is 82.4 cm³/mol. The molecule has 1 atom stereocenters. The molecule has 0 aromatic heterocycles. The van der Waals surface area contributed by atoms with E-state index in [-0.39, 0.29) is 11.9 Å². The zero-order chi connectivity index (χ0) is 14.8. The molecule has 1 fully saturated rings. The van der Waals surface area contributed by atoms with Gasteiger partial charge >= 0.3 is 0 Å². The maximum absolute atomic E-state index is 12.3. The smallest absolute Gasteiger partial charge is 0.214 e. The van der Waals surface area contributed by atoms with Crippen molar-refractivity contribution in [3.63, 3.8) is 0 Å². The summed E-state index contributed by atoms with van der Waals surface area (Å²) in [5.74, 6) is 0.251. The molecule has 5 nitrogen and oxygen atoms in total. The lowest BCUT2D eigenvalue weighted by Gasteiger charge is -2.23. The van der Waals surface area contributed by atoms with Gasteiger partial charge in [-0.2, -0.15) is 4.31 Å². The van der Waals surface area contributed by atoms with Gasteiger partial charge in [-0.3, -0.25) is 0 Å². The van der Waals surface area contributed by atoms with Crippen LogP contribution in [0.25, 0.3) is 0 Å². The fourth-order valence-electron chi connectivity index (χ4n) is 2.42. The molecule has 1 saturated heterocycles. The molecule has 1 aliphatic rings. The summed E-state index contributed by atoms with van der Waals surface area (Å²) in [5, 5.41) is 3.29. The van der Waals surface area contributed by atoms with E-state index in [1.807, 2.05) is 6.92 Å². The topological polar surface area (TPSA) is 58.6 Å². The molecule has 20 heavy (non-hydrogen) atoms. The van der Waals surface area contributed by atoms with Crippen LogP contribution in [0.5, 0.6) is 0 Å². The van der Waals surface area contributed by atoms with Crippen LogP contribution in [0.3, 0.4) is 0 Å². The van der Waals surface area contributed by atoms with Gasteiger partial charge < -0.3 is 10.1 Å². The van der Waals surface area contributed by atoms with Gasteiger partial charge in [0.15, 0.2) is 0 Å². The predicted octanol–water partition coefficient (Wildman–Crippen LogP) is 1.60. The molecule has 0 radical (unpaired) electrons. The molecule has 120 valence electrons. The average molecular weight is 306 g/mol. The summed E-state index contributed by atoms with van der Waals surface area (Å²) in [6.07, 6.45) is 4.87. The van der Waals surface area contributed by atoms with Gasteiger partial charge in [0.2, 0.25) is 10.0 Å². The molecule has 6 heteroatoms. The third kappa shape index (κ3) is 6.52. The van der Waals surface area contributed by atoms with Gasteiger partial charge in [-0.1, -0.05) is 13.8 Å². The molecule has 0 bridgehead atoms. The number of ether oxygens (including phenoxy) is 1. The first-order chi connectivity index (χ1) is 9.60. The first-order valence-electron chi connectivity index (χ1n) is 7.90. The van der Waals surface area contributed by atoms with Crippen molar-refractivity contribution in [3.8, 4) is 0 Å². The zero-order valence-electron chi connectivity index (χ0n) is 12.9. The maximum Gasteiger partial charge on any atom is 0.214 e. The van der Waals surface area contributed by atoms with E-state index in [2.05, 4.69) is 12.2 Å². The van der Waals surface area contributed by atoms with Crippen molar-refractivity contribution >= 4 is 10.0 Å². The lowest BCUT2D eigenvalue weighted by molar-refractivity contribution is 0.0947. The Morgan fingerprint density at radius 2 is 2.05 bits per heavy atom. The number of sulfonamides is 1. The van der Waals surface area contributed by atoms with Crippen LogP contribution < -0.4 is 5.32 Å². The number of nitrogens with one attached hydrogen (secondary N) is 1. The van der Waals surface area contributed by atoms with Crippen molar-refractivity contribution in [3.05, 3.63) is 0 Å². The molecule has 1 unspecified atom stereocenters. The van der Waals surface area contributed by atoms with E-state index < -0.39 is 10.0 Å². The fourth-order valence-corrected chi connectivity index (χ4v) is 4.03. The summed E-state index contributed by atoms with van der Waals surface area (Å²) in [7, 11) is -3.13. The van der Waals surface area contributed by atoms with Crippen molar-refractivity contribution in [2.24, 2.45) is 0 Å². The SMILES string of the molecule is CCCNCCCCS(=O)(=O)N(CC)CC1CCCO1. The standard InChI is InChI=1S/C14H30N2O3S/c1-3-9-15-10-5-6-12-20(17,18)16(4-2)13-14-8-7-11-19-14/h14-15H,3-13H2,1-2H3. The lowest BCUT2D eigenvalue weighted by atomic mass is 10.2. The molecular formula is C14H30N2O3S. The van der Waals surface area contributed by atoms with Gasteiger partial charge in [0, 0.05) is 19.7 Å². The Hall–Kier alpha value is -0.170. The Kier molecular flexibility index (Phi) is 8.68. The average Bonchev–Trinajstić information content (AvgIpc) is 2.92. The van der Waals surface area contributed by atoms with Crippen LogP contribution in [0, 0.1) is 0 Å². The van der Waals surface area contributed by atoms with E-state index in [0.29, 0.717) is 13.1 Å². The van der Waals surface area contributed by atoms with Crippen LogP contribution in [0.1, 0.15) is 46.0 Å². The number of unbranched alkanes of at least 4 members (excludes halogenated alkanes) is 1. The van der Waals surface area contributed by atoms with Gasteiger partial charge in [0.1, 0.15) is 0 Å². The Morgan fingerprint density at radius 1 is 1.25 bits per heavy atom. The molecule has 1 N–H and O–H groups in total. The van der Waals surface area contributed by atoms with E-state index in [1.165, 1.54) is 0 Å². The first kappa shape index (κ1) is 17.9. The highest BCUT2D eigenvalue weighted by Gasteiger charge is 2.25. The van der Waals surface area contributed by atoms with Crippen molar-refractivity contribution in [2.45, 2.75) is 52.1 Å². The summed E-state index contributed by atoms with van der Waals surface area (Å²) < 4.78 is 31.7. The van der Waals surface area contributed by atoms with E-state index in [1.54, 1.807) is 4.31 Å². The van der Waals surface area contributed by atoms with Crippen LogP contribution in [-0.4, -0.2) is 57.4 Å². The molecule has 0 aromatic rings. The normalized spacial score (nSPS) is 19.9. The fraction of sp³-hybridized carbons (Fsp3) is 1.00. The van der Waals surface area contributed by atoms with Crippen molar-refractivity contribution in [1.82, 2.24) is 9.62 Å². The van der Waals surface area contributed by atoms with Gasteiger partial charge in [-0.25, -0.2) is 8.42 Å². The molecule has 0 aromatic carbocycles. The number of rotatable bonds is 11. The van der Waals surface area contributed by atoms with Crippen molar-refractivity contribution < 1.29 is 13.2 Å². The molecule has 0 amide bonds. The molecule has 0 saturated carbocycles. The summed E-state index contributed by atoms with van der Waals surface area (Å²) in [6.45, 7) is 7.76. The van der Waals surface area contributed by atoms with Gasteiger partial charge in [-0.15, -0.1) is 0 Å². The minimum Gasteiger partial charge on any atom is -0.377 e. The monoisotopic (exact) mass is 306 g/mol. The Labute approximate surface area is 124 Å². The quantitative estimate of drug-likeness (QED) is 0.589. The minimum absolute atomic E-state index is 0.0935. The Bertz CT molecular complexity index is 340. The second-order valence-electron chi connectivity index (χ2n) is 5.36. The van der Waals surface area contributed by atoms with E-state index in [9.17, 15) is 8.42 Å². The maximum atomic E-state index is 12.3. The lowest BCUT2D eigenvalue weighted by Crippen LogP contribution is -2.38. The second kappa shape index (κ2) is 9.71. The van der Waals surface area contributed by atoms with Crippen LogP contribution in [0.2, 0.25) is 0 Å². The number of nitrogens with zero attached hydrogens (tertiary/aromatic N) is 1. The molecule has 1 aliphatic heterocycles. The van der Waals surface area contributed by atoms with E-state index >= 15 is 0 Å². The second-order valence-corrected chi connectivity index (χ2v) is 7.45. The van der Waals surface area contributed by atoms with Crippen LogP contribution in [-0.2, 0) is 14.8 Å². The number of hydrogen-bond donors (Lipinski definition) is 1. The summed E-state index contributed by atoms with van der Waals surface area (Å²) in [6, 6.07) is 0. The summed E-state index contributed by atoms with van der Waals surface area (Å²) in [5.41, 5.74) is 0. The third-order valence-corrected chi connectivity index (χ3v) is 5.61. The van der Waals surface area contributed by atoms with Crippen molar-refractivity contribution in [1.29, 1.82) is 0 Å². The van der Waals surface area contributed by atoms with Gasteiger partial charge in [0.05, 0.1) is 11.9 Å². The van der Waals surface area contributed by atoms with Gasteiger partial charge in [-0.05, 0) is 45.2 Å². The summed E-state index contributed by atoms with van der Waals surface area (Å²) in [4.78, 5) is 0. The molecule has 1 heterocycles. The summed E-state index contributed by atoms with van der Waals surface area (Å²) >= 11 is 0. The minimum atomic E-state index is -3.13. The van der Waals surface area contributed by atoms with Gasteiger partial charge in [0.25, 0.3) is 0 Å². The van der Waals surface area contributed by atoms with Crippen LogP contribution in [0.4, 0.5) is 0 Å². The Balaban J connectivity index is 2.28. The molecular weight excluding hydrogens is 276 g/mol. The first-order valence-corrected chi connectivity index (χ1v) is 9.51. The number of hydrogen-bond acceptors (Lipinski definition) is 4. The van der Waals surface area contributed by atoms with E-state index in [0.717, 1.165) is 51.8 Å². The zero-order valence-corrected chi connectivity index (χ0v) is 13.8. The Morgan fingerprint density at radius 3 is 2.65 bits per heavy atom. The highest BCUT2D eigenvalue weighted by molar-refractivity contribution is 7.89. The van der Waals surface area contributed by atoms with Crippen LogP contribution >= 0.6 is 0 Å². The van der Waals surface area contributed by atoms with Crippen LogP contribution in [0.15, 0.2) is 0 Å². The highest BCUT2D eigenvalue weighted by Crippen LogP contribution is 2.15. The highest BCUT2D eigenvalue weighted by atomic mass is 32.2. The molecule has 0 aliphatic carbocycles. The van der Waals surface area contributed by atoms with Crippen molar-refractivity contribution in [2.75, 3.05) is 38.5 Å². The molecule has 1 rings (SSSR count). The molecule has 0 spiro atoms.